The number of nitrogens with zero attached hydrogens (tertiary/aromatic N) is 1. The van der Waals surface area contributed by atoms with Crippen molar-refractivity contribution in [3.05, 3.63) is 57.8 Å². The van der Waals surface area contributed by atoms with Crippen LogP contribution in [-0.2, 0) is 11.2 Å². The molecule has 3 heterocycles. The maximum atomic E-state index is 12.8. The Morgan fingerprint density at radius 2 is 2.00 bits per heavy atom. The maximum absolute atomic E-state index is 12.8. The molecule has 1 aromatic carbocycles. The lowest BCUT2D eigenvalue weighted by Gasteiger charge is -2.32. The highest BCUT2D eigenvalue weighted by atomic mass is 32.1. The van der Waals surface area contributed by atoms with Crippen molar-refractivity contribution < 1.29 is 9.59 Å². The summed E-state index contributed by atoms with van der Waals surface area (Å²) in [5.41, 5.74) is 1.89. The zero-order valence-electron chi connectivity index (χ0n) is 11.5. The van der Waals surface area contributed by atoms with E-state index >= 15 is 0 Å². The predicted molar refractivity (Wildman–Crippen MR) is 81.4 cm³/mol. The molecule has 0 saturated carbocycles. The van der Waals surface area contributed by atoms with Gasteiger partial charge in [-0.25, -0.2) is 0 Å². The lowest BCUT2D eigenvalue weighted by Crippen LogP contribution is -2.35. The molecule has 1 aromatic heterocycles. The Labute approximate surface area is 127 Å². The Kier molecular flexibility index (Phi) is 2.93. The third-order valence-electron chi connectivity index (χ3n) is 4.51. The van der Waals surface area contributed by atoms with Crippen LogP contribution in [0.1, 0.15) is 33.3 Å². The molecule has 21 heavy (non-hydrogen) atoms. The van der Waals surface area contributed by atoms with E-state index < -0.39 is 0 Å². The van der Waals surface area contributed by atoms with Crippen molar-refractivity contribution >= 4 is 23.0 Å². The first-order valence-corrected chi connectivity index (χ1v) is 8.08. The molecule has 3 nitrogen and oxygen atoms in total. The van der Waals surface area contributed by atoms with Gasteiger partial charge in [0.2, 0.25) is 5.91 Å². The monoisotopic (exact) mass is 297 g/mol. The van der Waals surface area contributed by atoms with Crippen LogP contribution in [0.4, 0.5) is 0 Å². The quantitative estimate of drug-likeness (QED) is 0.799. The number of amides is 1. The Morgan fingerprint density at radius 1 is 1.19 bits per heavy atom. The first-order valence-electron chi connectivity index (χ1n) is 7.20. The van der Waals surface area contributed by atoms with Gasteiger partial charge in [-0.2, -0.15) is 0 Å². The number of hydrogen-bond acceptors (Lipinski definition) is 3. The minimum absolute atomic E-state index is 0.0554. The summed E-state index contributed by atoms with van der Waals surface area (Å²) >= 11 is 1.74. The molecule has 4 rings (SSSR count). The molecule has 1 amide bonds. The van der Waals surface area contributed by atoms with Crippen molar-refractivity contribution in [1.29, 1.82) is 0 Å². The van der Waals surface area contributed by atoms with Crippen molar-refractivity contribution in [2.24, 2.45) is 5.92 Å². The number of hydrogen-bond donors (Lipinski definition) is 0. The standard InChI is InChI=1S/C17H15NO2S/c19-15-10-13(17(20)11-4-2-1-3-5-11)16-12-7-9-21-14(12)6-8-18(15)16/h1-5,7,9,13,16H,6,8,10H2/t13-,16+/m0/s1. The highest BCUT2D eigenvalue weighted by Gasteiger charge is 2.46. The first kappa shape index (κ1) is 12.8. The summed E-state index contributed by atoms with van der Waals surface area (Å²) in [4.78, 5) is 28.3. The van der Waals surface area contributed by atoms with Crippen molar-refractivity contribution in [2.45, 2.75) is 18.9 Å². The lowest BCUT2D eigenvalue weighted by molar-refractivity contribution is -0.129. The summed E-state index contributed by atoms with van der Waals surface area (Å²) in [6.07, 6.45) is 1.26. The second-order valence-electron chi connectivity index (χ2n) is 5.62. The Bertz CT molecular complexity index is 707. The van der Waals surface area contributed by atoms with Crippen molar-refractivity contribution in [3.63, 3.8) is 0 Å². The van der Waals surface area contributed by atoms with Gasteiger partial charge in [-0.15, -0.1) is 11.3 Å². The first-order chi connectivity index (χ1) is 10.3. The third kappa shape index (κ3) is 1.94. The second-order valence-corrected chi connectivity index (χ2v) is 6.62. The Hall–Kier alpha value is -1.94. The molecular formula is C17H15NO2S. The molecule has 4 heteroatoms. The van der Waals surface area contributed by atoms with Crippen LogP contribution in [0, 0.1) is 5.92 Å². The SMILES string of the molecule is O=C(c1ccccc1)[C@H]1CC(=O)N2CCc3sccc3[C@H]12. The van der Waals surface area contributed by atoms with E-state index in [1.165, 1.54) is 10.4 Å². The van der Waals surface area contributed by atoms with Crippen LogP contribution in [0.2, 0.25) is 0 Å². The van der Waals surface area contributed by atoms with E-state index in [0.29, 0.717) is 12.0 Å². The average molecular weight is 297 g/mol. The molecule has 0 N–H and O–H groups in total. The van der Waals surface area contributed by atoms with E-state index in [1.54, 1.807) is 11.3 Å². The van der Waals surface area contributed by atoms with Crippen LogP contribution in [0.25, 0.3) is 0 Å². The number of rotatable bonds is 2. The number of carbonyl (C=O) groups is 2. The molecule has 2 atom stereocenters. The zero-order valence-corrected chi connectivity index (χ0v) is 12.3. The van der Waals surface area contributed by atoms with Gasteiger partial charge in [-0.3, -0.25) is 9.59 Å². The summed E-state index contributed by atoms with van der Waals surface area (Å²) in [6, 6.07) is 11.4. The molecule has 1 saturated heterocycles. The summed E-state index contributed by atoms with van der Waals surface area (Å²) in [5, 5.41) is 2.07. The molecule has 1 fully saturated rings. The zero-order chi connectivity index (χ0) is 14.4. The number of Topliss-reactive ketones (excluding diaryl/α,β-unsaturated/α-hetero) is 1. The van der Waals surface area contributed by atoms with Gasteiger partial charge in [0.1, 0.15) is 0 Å². The van der Waals surface area contributed by atoms with Gasteiger partial charge in [0.05, 0.1) is 12.0 Å². The van der Waals surface area contributed by atoms with E-state index in [4.69, 9.17) is 0 Å². The average Bonchev–Trinajstić information content (AvgIpc) is 3.11. The highest BCUT2D eigenvalue weighted by Crippen LogP contribution is 2.45. The van der Waals surface area contributed by atoms with Gasteiger partial charge in [-0.1, -0.05) is 30.3 Å². The number of benzene rings is 1. The molecule has 0 unspecified atom stereocenters. The number of fused-ring (bicyclic) bond motifs is 3. The topological polar surface area (TPSA) is 37.4 Å². The van der Waals surface area contributed by atoms with E-state index in [9.17, 15) is 9.59 Å². The summed E-state index contributed by atoms with van der Waals surface area (Å²) < 4.78 is 0. The van der Waals surface area contributed by atoms with E-state index in [2.05, 4.69) is 11.4 Å². The Balaban J connectivity index is 1.74. The van der Waals surface area contributed by atoms with Crippen LogP contribution in [0.5, 0.6) is 0 Å². The molecule has 0 aliphatic carbocycles. The van der Waals surface area contributed by atoms with Crippen LogP contribution in [-0.4, -0.2) is 23.1 Å². The van der Waals surface area contributed by atoms with Crippen molar-refractivity contribution in [3.8, 4) is 0 Å². The second kappa shape index (κ2) is 4.81. The molecule has 0 bridgehead atoms. The van der Waals surface area contributed by atoms with E-state index in [1.807, 2.05) is 35.2 Å². The summed E-state index contributed by atoms with van der Waals surface area (Å²) in [7, 11) is 0. The fourth-order valence-electron chi connectivity index (χ4n) is 3.53. The number of ketones is 1. The van der Waals surface area contributed by atoms with Crippen molar-refractivity contribution in [1.82, 2.24) is 4.90 Å². The smallest absolute Gasteiger partial charge is 0.223 e. The fraction of sp³-hybridized carbons (Fsp3) is 0.294. The largest absolute Gasteiger partial charge is 0.334 e. The minimum Gasteiger partial charge on any atom is -0.334 e. The minimum atomic E-state index is -0.242. The molecule has 2 aliphatic rings. The predicted octanol–water partition coefficient (Wildman–Crippen LogP) is 3.08. The molecule has 0 radical (unpaired) electrons. The maximum Gasteiger partial charge on any atom is 0.223 e. The van der Waals surface area contributed by atoms with Crippen LogP contribution < -0.4 is 0 Å². The fourth-order valence-corrected chi connectivity index (χ4v) is 4.44. The van der Waals surface area contributed by atoms with Crippen LogP contribution in [0.3, 0.4) is 0 Å². The Morgan fingerprint density at radius 3 is 2.81 bits per heavy atom. The van der Waals surface area contributed by atoms with Crippen LogP contribution >= 0.6 is 11.3 Å². The van der Waals surface area contributed by atoms with Crippen molar-refractivity contribution in [2.75, 3.05) is 6.54 Å². The van der Waals surface area contributed by atoms with Gasteiger partial charge in [0.25, 0.3) is 0 Å². The van der Waals surface area contributed by atoms with Gasteiger partial charge >= 0.3 is 0 Å². The molecule has 0 spiro atoms. The molecular weight excluding hydrogens is 282 g/mol. The number of carbonyl (C=O) groups excluding carboxylic acids is 2. The van der Waals surface area contributed by atoms with Crippen LogP contribution in [0.15, 0.2) is 41.8 Å². The molecule has 106 valence electrons. The van der Waals surface area contributed by atoms with Gasteiger partial charge in [0.15, 0.2) is 5.78 Å². The molecule has 2 aliphatic heterocycles. The summed E-state index contributed by atoms with van der Waals surface area (Å²) in [6.45, 7) is 0.746. The molecule has 2 aromatic rings. The van der Waals surface area contributed by atoms with Gasteiger partial charge in [0, 0.05) is 23.4 Å². The van der Waals surface area contributed by atoms with Gasteiger partial charge < -0.3 is 4.90 Å². The summed E-state index contributed by atoms with van der Waals surface area (Å²) in [5.74, 6) is -0.0322. The highest BCUT2D eigenvalue weighted by molar-refractivity contribution is 7.10. The van der Waals surface area contributed by atoms with Gasteiger partial charge in [-0.05, 0) is 23.4 Å². The van der Waals surface area contributed by atoms with E-state index in [-0.39, 0.29) is 23.7 Å². The normalized spacial score (nSPS) is 23.8. The number of thiophene rings is 1. The lowest BCUT2D eigenvalue weighted by atomic mass is 9.86. The van der Waals surface area contributed by atoms with E-state index in [0.717, 1.165) is 13.0 Å². The third-order valence-corrected chi connectivity index (χ3v) is 5.50.